The molecule has 4 aliphatic rings. The number of aliphatic hydroxyl groups excluding tert-OH is 1. The van der Waals surface area contributed by atoms with E-state index in [2.05, 4.69) is 32.2 Å². The zero-order valence-corrected chi connectivity index (χ0v) is 14.1. The van der Waals surface area contributed by atoms with Crippen molar-refractivity contribution in [1.82, 2.24) is 5.32 Å². The fourth-order valence-electron chi connectivity index (χ4n) is 5.50. The zero-order chi connectivity index (χ0) is 15.0. The van der Waals surface area contributed by atoms with Gasteiger partial charge >= 0.3 is 0 Å². The van der Waals surface area contributed by atoms with E-state index < -0.39 is 0 Å². The van der Waals surface area contributed by atoms with E-state index in [1.54, 1.807) is 0 Å². The van der Waals surface area contributed by atoms with Crippen LogP contribution in [0.4, 0.5) is 0 Å². The Bertz CT molecular complexity index is 382. The Morgan fingerprint density at radius 2 is 1.90 bits per heavy atom. The van der Waals surface area contributed by atoms with Crippen molar-refractivity contribution in [2.75, 3.05) is 6.54 Å². The number of allylic oxidation sites excluding steroid dienone is 2. The van der Waals surface area contributed by atoms with E-state index in [1.807, 2.05) is 0 Å². The van der Waals surface area contributed by atoms with Gasteiger partial charge in [0.05, 0.1) is 6.10 Å². The normalized spacial score (nSPS) is 42.1. The maximum absolute atomic E-state index is 10.4. The molecule has 21 heavy (non-hydrogen) atoms. The lowest BCUT2D eigenvalue weighted by Gasteiger charge is -2.59. The molecule has 4 saturated carbocycles. The van der Waals surface area contributed by atoms with Crippen LogP contribution >= 0.6 is 0 Å². The molecule has 120 valence electrons. The maximum atomic E-state index is 10.4. The first kappa shape index (κ1) is 15.6. The highest BCUT2D eigenvalue weighted by Gasteiger charge is 2.54. The summed E-state index contributed by atoms with van der Waals surface area (Å²) in [6.45, 7) is 7.87. The summed E-state index contributed by atoms with van der Waals surface area (Å²) in [7, 11) is 0. The van der Waals surface area contributed by atoms with Gasteiger partial charge < -0.3 is 10.4 Å². The van der Waals surface area contributed by atoms with Crippen molar-refractivity contribution in [2.24, 2.45) is 23.2 Å². The fourth-order valence-corrected chi connectivity index (χ4v) is 5.50. The Hall–Kier alpha value is -0.340. The molecular weight excluding hydrogens is 258 g/mol. The van der Waals surface area contributed by atoms with Crippen LogP contribution in [0.2, 0.25) is 0 Å². The first-order valence-electron chi connectivity index (χ1n) is 9.02. The molecule has 0 radical (unpaired) electrons. The first-order valence-corrected chi connectivity index (χ1v) is 9.02. The number of hydrogen-bond donors (Lipinski definition) is 2. The molecule has 0 aromatic carbocycles. The molecule has 0 spiro atoms. The Morgan fingerprint density at radius 1 is 1.24 bits per heavy atom. The molecule has 4 bridgehead atoms. The average Bonchev–Trinajstić information content (AvgIpc) is 2.41. The molecule has 4 rings (SSSR count). The van der Waals surface area contributed by atoms with Crippen LogP contribution in [0, 0.1) is 23.2 Å². The van der Waals surface area contributed by atoms with Crippen LogP contribution in [0.1, 0.15) is 65.7 Å². The summed E-state index contributed by atoms with van der Waals surface area (Å²) in [5.74, 6) is 2.13. The van der Waals surface area contributed by atoms with E-state index in [-0.39, 0.29) is 6.10 Å². The Morgan fingerprint density at radius 3 is 2.52 bits per heavy atom. The number of nitrogens with one attached hydrogen (secondary N) is 1. The molecule has 0 aromatic rings. The molecule has 0 aromatic heterocycles. The predicted molar refractivity (Wildman–Crippen MR) is 88.1 cm³/mol. The van der Waals surface area contributed by atoms with Crippen molar-refractivity contribution < 1.29 is 5.11 Å². The Kier molecular flexibility index (Phi) is 4.47. The van der Waals surface area contributed by atoms with E-state index in [0.717, 1.165) is 5.92 Å². The number of aliphatic hydroxyl groups is 1. The molecule has 4 aliphatic carbocycles. The van der Waals surface area contributed by atoms with Crippen molar-refractivity contribution in [2.45, 2.75) is 77.9 Å². The second-order valence-electron chi connectivity index (χ2n) is 8.60. The minimum absolute atomic E-state index is 0.0183. The quantitative estimate of drug-likeness (QED) is 0.728. The summed E-state index contributed by atoms with van der Waals surface area (Å²) in [6.07, 6.45) is 11.4. The van der Waals surface area contributed by atoms with Gasteiger partial charge in [-0.1, -0.05) is 11.6 Å². The van der Waals surface area contributed by atoms with Gasteiger partial charge in [-0.2, -0.15) is 0 Å². The van der Waals surface area contributed by atoms with Crippen molar-refractivity contribution in [1.29, 1.82) is 0 Å². The highest BCUT2D eigenvalue weighted by molar-refractivity contribution is 5.06. The van der Waals surface area contributed by atoms with Crippen molar-refractivity contribution in [3.8, 4) is 0 Å². The third kappa shape index (κ3) is 3.37. The third-order valence-corrected chi connectivity index (χ3v) is 6.33. The van der Waals surface area contributed by atoms with Crippen LogP contribution in [0.5, 0.6) is 0 Å². The summed E-state index contributed by atoms with van der Waals surface area (Å²) in [6, 6.07) is 0.610. The Labute approximate surface area is 130 Å². The number of rotatable bonds is 6. The molecule has 0 aliphatic heterocycles. The van der Waals surface area contributed by atoms with Gasteiger partial charge in [-0.25, -0.2) is 0 Å². The van der Waals surface area contributed by atoms with Crippen molar-refractivity contribution in [3.05, 3.63) is 11.6 Å². The van der Waals surface area contributed by atoms with Gasteiger partial charge in [-0.3, -0.25) is 0 Å². The van der Waals surface area contributed by atoms with Gasteiger partial charge in [-0.05, 0) is 88.9 Å². The van der Waals surface area contributed by atoms with Gasteiger partial charge in [0.2, 0.25) is 0 Å². The zero-order valence-electron chi connectivity index (χ0n) is 14.1. The third-order valence-electron chi connectivity index (χ3n) is 6.33. The standard InChI is InChI=1S/C19H33NO/c1-13(2)5-4-6-14(3)20-12-19-9-15-7-16(10-19)18(21)17(8-15)11-19/h5,14-18,20-21H,4,6-12H2,1-3H3/t14-,15?,16-,17-,18?,19?/m0/s1. The summed E-state index contributed by atoms with van der Waals surface area (Å²) in [5.41, 5.74) is 1.94. The second-order valence-corrected chi connectivity index (χ2v) is 8.60. The minimum Gasteiger partial charge on any atom is -0.393 e. The molecule has 2 nitrogen and oxygen atoms in total. The topological polar surface area (TPSA) is 32.3 Å². The van der Waals surface area contributed by atoms with E-state index in [0.29, 0.717) is 23.3 Å². The molecule has 0 saturated heterocycles. The highest BCUT2D eigenvalue weighted by Crippen LogP contribution is 2.59. The van der Waals surface area contributed by atoms with Gasteiger partial charge in [-0.15, -0.1) is 0 Å². The van der Waals surface area contributed by atoms with Gasteiger partial charge in [0.15, 0.2) is 0 Å². The van der Waals surface area contributed by atoms with Crippen LogP contribution in [0.25, 0.3) is 0 Å². The molecule has 0 amide bonds. The van der Waals surface area contributed by atoms with Crippen LogP contribution < -0.4 is 5.32 Å². The lowest BCUT2D eigenvalue weighted by Crippen LogP contribution is -2.56. The maximum Gasteiger partial charge on any atom is 0.0597 e. The molecule has 4 fully saturated rings. The second kappa shape index (κ2) is 6.04. The molecular formula is C19H33NO. The average molecular weight is 291 g/mol. The summed E-state index contributed by atoms with van der Waals surface area (Å²) in [5, 5.41) is 14.2. The summed E-state index contributed by atoms with van der Waals surface area (Å²) >= 11 is 0. The molecule has 0 heterocycles. The van der Waals surface area contributed by atoms with Crippen molar-refractivity contribution >= 4 is 0 Å². The van der Waals surface area contributed by atoms with E-state index in [9.17, 15) is 5.11 Å². The SMILES string of the molecule is CC(C)=CCC[C@H](C)NCC12CC3C[C@@H](C1)C(O)[C@@H](C3)C2. The Balaban J connectivity index is 1.50. The fraction of sp³-hybridized carbons (Fsp3) is 0.895. The largest absolute Gasteiger partial charge is 0.393 e. The van der Waals surface area contributed by atoms with Gasteiger partial charge in [0.25, 0.3) is 0 Å². The van der Waals surface area contributed by atoms with Crippen LogP contribution in [0.3, 0.4) is 0 Å². The molecule has 3 atom stereocenters. The predicted octanol–water partition coefficient (Wildman–Crippen LogP) is 3.90. The smallest absolute Gasteiger partial charge is 0.0597 e. The number of hydrogen-bond acceptors (Lipinski definition) is 2. The van der Waals surface area contributed by atoms with Crippen LogP contribution in [-0.2, 0) is 0 Å². The summed E-state index contributed by atoms with van der Waals surface area (Å²) < 4.78 is 0. The summed E-state index contributed by atoms with van der Waals surface area (Å²) in [4.78, 5) is 0. The molecule has 0 unspecified atom stereocenters. The van der Waals surface area contributed by atoms with Gasteiger partial charge in [0.1, 0.15) is 0 Å². The van der Waals surface area contributed by atoms with E-state index in [1.165, 1.54) is 57.1 Å². The van der Waals surface area contributed by atoms with Crippen molar-refractivity contribution in [3.63, 3.8) is 0 Å². The first-order chi connectivity index (χ1) is 9.97. The molecule has 2 N–H and O–H groups in total. The van der Waals surface area contributed by atoms with E-state index >= 15 is 0 Å². The lowest BCUT2D eigenvalue weighted by molar-refractivity contribution is -0.133. The van der Waals surface area contributed by atoms with Gasteiger partial charge in [0, 0.05) is 12.6 Å². The monoisotopic (exact) mass is 291 g/mol. The molecule has 2 heteroatoms. The minimum atomic E-state index is 0.0183. The lowest BCUT2D eigenvalue weighted by atomic mass is 9.48. The van der Waals surface area contributed by atoms with Crippen LogP contribution in [0.15, 0.2) is 11.6 Å². The van der Waals surface area contributed by atoms with Crippen LogP contribution in [-0.4, -0.2) is 23.8 Å². The van der Waals surface area contributed by atoms with E-state index in [4.69, 9.17) is 0 Å². The highest BCUT2D eigenvalue weighted by atomic mass is 16.3.